The standard InChI is InChI=1S/C14H27N5O2.HI/c1-5-8-16-12(15-4)17-9-7-10-19-11(20)14(3,6-2)18-13(19)21;/h5-10H2,1-4H3,(H,18,21)(H2,15,16,17);1H. The molecule has 1 aliphatic heterocycles. The number of amides is 3. The molecule has 0 saturated carbocycles. The third-order valence-electron chi connectivity index (χ3n) is 3.67. The van der Waals surface area contributed by atoms with Crippen LogP contribution in [0.4, 0.5) is 4.79 Å². The van der Waals surface area contributed by atoms with Gasteiger partial charge in [-0.3, -0.25) is 14.7 Å². The van der Waals surface area contributed by atoms with Crippen LogP contribution < -0.4 is 16.0 Å². The fourth-order valence-corrected chi connectivity index (χ4v) is 2.10. The highest BCUT2D eigenvalue weighted by Crippen LogP contribution is 2.20. The number of halogens is 1. The zero-order valence-corrected chi connectivity index (χ0v) is 16.2. The van der Waals surface area contributed by atoms with E-state index < -0.39 is 5.54 Å². The van der Waals surface area contributed by atoms with Crippen molar-refractivity contribution < 1.29 is 9.59 Å². The van der Waals surface area contributed by atoms with Crippen molar-refractivity contribution >= 4 is 41.9 Å². The fraction of sp³-hybridized carbons (Fsp3) is 0.786. The van der Waals surface area contributed by atoms with Gasteiger partial charge in [0.05, 0.1) is 0 Å². The van der Waals surface area contributed by atoms with Gasteiger partial charge in [0.15, 0.2) is 5.96 Å². The minimum atomic E-state index is -0.747. The maximum absolute atomic E-state index is 12.2. The summed E-state index contributed by atoms with van der Waals surface area (Å²) in [6, 6.07) is -0.294. The molecular weight excluding hydrogens is 397 g/mol. The predicted octanol–water partition coefficient (Wildman–Crippen LogP) is 1.29. The predicted molar refractivity (Wildman–Crippen MR) is 98.6 cm³/mol. The molecule has 0 aromatic rings. The maximum Gasteiger partial charge on any atom is 0.325 e. The first-order valence-electron chi connectivity index (χ1n) is 7.57. The van der Waals surface area contributed by atoms with Crippen LogP contribution >= 0.6 is 24.0 Å². The van der Waals surface area contributed by atoms with Gasteiger partial charge in [0, 0.05) is 26.7 Å². The minimum absolute atomic E-state index is 0. The zero-order valence-electron chi connectivity index (χ0n) is 13.9. The van der Waals surface area contributed by atoms with Crippen molar-refractivity contribution in [1.82, 2.24) is 20.9 Å². The maximum atomic E-state index is 12.2. The van der Waals surface area contributed by atoms with Crippen LogP contribution in [0, 0.1) is 0 Å². The molecule has 1 fully saturated rings. The van der Waals surface area contributed by atoms with Gasteiger partial charge in [-0.1, -0.05) is 13.8 Å². The molecule has 0 bridgehead atoms. The summed E-state index contributed by atoms with van der Waals surface area (Å²) in [7, 11) is 1.72. The van der Waals surface area contributed by atoms with E-state index in [-0.39, 0.29) is 35.9 Å². The van der Waals surface area contributed by atoms with Crippen LogP contribution in [0.3, 0.4) is 0 Å². The van der Waals surface area contributed by atoms with Gasteiger partial charge in [-0.25, -0.2) is 4.79 Å². The molecule has 1 saturated heterocycles. The molecule has 0 aromatic heterocycles. The van der Waals surface area contributed by atoms with Crippen molar-refractivity contribution in [2.24, 2.45) is 4.99 Å². The molecule has 0 spiro atoms. The van der Waals surface area contributed by atoms with Gasteiger partial charge >= 0.3 is 6.03 Å². The van der Waals surface area contributed by atoms with E-state index in [4.69, 9.17) is 0 Å². The van der Waals surface area contributed by atoms with Crippen LogP contribution in [-0.2, 0) is 4.79 Å². The van der Waals surface area contributed by atoms with Crippen LogP contribution in [0.5, 0.6) is 0 Å². The first-order valence-corrected chi connectivity index (χ1v) is 7.57. The molecule has 3 amide bonds. The molecule has 1 unspecified atom stereocenters. The van der Waals surface area contributed by atoms with E-state index in [0.717, 1.165) is 18.9 Å². The SMILES string of the molecule is CCCNC(=NC)NCCCN1C(=O)NC(C)(CC)C1=O.I. The number of rotatable bonds is 7. The Balaban J connectivity index is 0.00000441. The number of aliphatic imine (C=N–C) groups is 1. The molecule has 1 heterocycles. The van der Waals surface area contributed by atoms with Gasteiger partial charge in [0.2, 0.25) is 0 Å². The second-order valence-corrected chi connectivity index (χ2v) is 5.35. The Labute approximate surface area is 149 Å². The van der Waals surface area contributed by atoms with Gasteiger partial charge in [0.25, 0.3) is 5.91 Å². The molecule has 1 atom stereocenters. The largest absolute Gasteiger partial charge is 0.356 e. The number of nitrogens with one attached hydrogen (secondary N) is 3. The lowest BCUT2D eigenvalue weighted by atomic mass is 9.99. The molecule has 0 radical (unpaired) electrons. The molecule has 0 aromatic carbocycles. The monoisotopic (exact) mass is 425 g/mol. The lowest BCUT2D eigenvalue weighted by molar-refractivity contribution is -0.130. The number of imide groups is 1. The van der Waals surface area contributed by atoms with E-state index in [0.29, 0.717) is 25.9 Å². The van der Waals surface area contributed by atoms with Gasteiger partial charge in [-0.15, -0.1) is 24.0 Å². The second kappa shape index (κ2) is 9.86. The van der Waals surface area contributed by atoms with Crippen LogP contribution in [0.25, 0.3) is 0 Å². The molecule has 7 nitrogen and oxygen atoms in total. The Morgan fingerprint density at radius 3 is 2.41 bits per heavy atom. The molecule has 128 valence electrons. The number of hydrogen-bond donors (Lipinski definition) is 3. The summed E-state index contributed by atoms with van der Waals surface area (Å²) in [5, 5.41) is 9.08. The van der Waals surface area contributed by atoms with Gasteiger partial charge in [0.1, 0.15) is 5.54 Å². The molecule has 1 aliphatic rings. The van der Waals surface area contributed by atoms with Crippen LogP contribution in [0.1, 0.15) is 40.0 Å². The molecule has 1 rings (SSSR count). The third-order valence-corrected chi connectivity index (χ3v) is 3.67. The van der Waals surface area contributed by atoms with Crippen molar-refractivity contribution in [3.8, 4) is 0 Å². The van der Waals surface area contributed by atoms with E-state index >= 15 is 0 Å². The van der Waals surface area contributed by atoms with Gasteiger partial charge in [-0.2, -0.15) is 0 Å². The van der Waals surface area contributed by atoms with Crippen molar-refractivity contribution in [3.63, 3.8) is 0 Å². The lowest BCUT2D eigenvalue weighted by Crippen LogP contribution is -2.43. The quantitative estimate of drug-likeness (QED) is 0.189. The highest BCUT2D eigenvalue weighted by atomic mass is 127. The highest BCUT2D eigenvalue weighted by molar-refractivity contribution is 14.0. The molecule has 3 N–H and O–H groups in total. The summed E-state index contributed by atoms with van der Waals surface area (Å²) in [6.07, 6.45) is 2.31. The highest BCUT2D eigenvalue weighted by Gasteiger charge is 2.45. The first-order chi connectivity index (χ1) is 9.98. The summed E-state index contributed by atoms with van der Waals surface area (Å²) in [5.41, 5.74) is -0.747. The number of guanidine groups is 1. The normalized spacial score (nSPS) is 21.5. The number of carbonyl (C=O) groups is 2. The number of urea groups is 1. The first kappa shape index (κ1) is 20.9. The average Bonchev–Trinajstić information content (AvgIpc) is 2.70. The van der Waals surface area contributed by atoms with Crippen LogP contribution in [0.15, 0.2) is 4.99 Å². The minimum Gasteiger partial charge on any atom is -0.356 e. The van der Waals surface area contributed by atoms with Gasteiger partial charge in [-0.05, 0) is 26.2 Å². The summed E-state index contributed by atoms with van der Waals surface area (Å²) in [4.78, 5) is 29.4. The third kappa shape index (κ3) is 5.29. The molecule has 8 heteroatoms. The Morgan fingerprint density at radius 2 is 1.91 bits per heavy atom. The van der Waals surface area contributed by atoms with Crippen molar-refractivity contribution in [3.05, 3.63) is 0 Å². The van der Waals surface area contributed by atoms with Crippen LogP contribution in [0.2, 0.25) is 0 Å². The molecular formula is C14H28IN5O2. The summed E-state index contributed by atoms with van der Waals surface area (Å²) in [5.74, 6) is 0.607. The van der Waals surface area contributed by atoms with Crippen molar-refractivity contribution in [2.45, 2.75) is 45.6 Å². The molecule has 22 heavy (non-hydrogen) atoms. The Kier molecular flexibility index (Phi) is 9.38. The lowest BCUT2D eigenvalue weighted by Gasteiger charge is -2.19. The smallest absolute Gasteiger partial charge is 0.325 e. The van der Waals surface area contributed by atoms with E-state index in [9.17, 15) is 9.59 Å². The number of carbonyl (C=O) groups excluding carboxylic acids is 2. The van der Waals surface area contributed by atoms with Crippen LogP contribution in [-0.4, -0.2) is 55.0 Å². The van der Waals surface area contributed by atoms with Gasteiger partial charge < -0.3 is 16.0 Å². The topological polar surface area (TPSA) is 85.8 Å². The number of nitrogens with zero attached hydrogens (tertiary/aromatic N) is 2. The Hall–Kier alpha value is -1.06. The van der Waals surface area contributed by atoms with E-state index in [1.165, 1.54) is 4.90 Å². The summed E-state index contributed by atoms with van der Waals surface area (Å²) in [6.45, 7) is 7.68. The average molecular weight is 425 g/mol. The van der Waals surface area contributed by atoms with Crippen molar-refractivity contribution in [1.29, 1.82) is 0 Å². The zero-order chi connectivity index (χ0) is 15.9. The van der Waals surface area contributed by atoms with Crippen molar-refractivity contribution in [2.75, 3.05) is 26.7 Å². The Bertz CT molecular complexity index is 416. The second-order valence-electron chi connectivity index (χ2n) is 5.35. The van der Waals surface area contributed by atoms with E-state index in [2.05, 4.69) is 27.9 Å². The fourth-order valence-electron chi connectivity index (χ4n) is 2.10. The Morgan fingerprint density at radius 1 is 1.27 bits per heavy atom. The van der Waals surface area contributed by atoms with E-state index in [1.807, 2.05) is 6.92 Å². The summed E-state index contributed by atoms with van der Waals surface area (Å²) >= 11 is 0. The van der Waals surface area contributed by atoms with E-state index in [1.54, 1.807) is 14.0 Å². The number of hydrogen-bond acceptors (Lipinski definition) is 3. The summed E-state index contributed by atoms with van der Waals surface area (Å²) < 4.78 is 0. The molecule has 0 aliphatic carbocycles.